The molecule has 0 spiro atoms. The first-order valence-corrected chi connectivity index (χ1v) is 17.3. The van der Waals surface area contributed by atoms with E-state index >= 15 is 0 Å². The molecule has 13 heteroatoms. The van der Waals surface area contributed by atoms with Gasteiger partial charge in [-0.15, -0.1) is 11.3 Å². The molecule has 3 aliphatic heterocycles. The van der Waals surface area contributed by atoms with E-state index < -0.39 is 12.6 Å². The van der Waals surface area contributed by atoms with Gasteiger partial charge in [-0.2, -0.15) is 18.4 Å². The van der Waals surface area contributed by atoms with Gasteiger partial charge in [0.2, 0.25) is 5.91 Å². The van der Waals surface area contributed by atoms with Gasteiger partial charge in [0.1, 0.15) is 28.7 Å². The van der Waals surface area contributed by atoms with Gasteiger partial charge in [-0.25, -0.2) is 9.97 Å². The lowest BCUT2D eigenvalue weighted by molar-refractivity contribution is -0.127. The first-order valence-electron chi connectivity index (χ1n) is 16.5. The number of carbonyl (C=O) groups excluding carboxylic acids is 1. The summed E-state index contributed by atoms with van der Waals surface area (Å²) in [5, 5.41) is 15.2. The number of nitriles is 1. The van der Waals surface area contributed by atoms with Crippen molar-refractivity contribution in [3.8, 4) is 6.07 Å². The summed E-state index contributed by atoms with van der Waals surface area (Å²) < 4.78 is 41.0. The van der Waals surface area contributed by atoms with Gasteiger partial charge < -0.3 is 19.7 Å². The van der Waals surface area contributed by atoms with E-state index in [0.29, 0.717) is 33.6 Å². The number of aromatic nitrogens is 3. The number of carbonyl (C=O) groups is 1. The van der Waals surface area contributed by atoms with E-state index in [0.717, 1.165) is 94.0 Å². The van der Waals surface area contributed by atoms with Crippen LogP contribution in [0.15, 0.2) is 43.2 Å². The number of alkyl halides is 3. The van der Waals surface area contributed by atoms with Gasteiger partial charge in [-0.3, -0.25) is 9.69 Å². The smallest absolute Gasteiger partial charge is 0.367 e. The van der Waals surface area contributed by atoms with E-state index in [1.165, 1.54) is 23.5 Å². The summed E-state index contributed by atoms with van der Waals surface area (Å²) in [6.45, 7) is 13.5. The second-order valence-corrected chi connectivity index (χ2v) is 14.6. The molecule has 3 fully saturated rings. The maximum atomic E-state index is 13.0. The lowest BCUT2D eigenvalue weighted by atomic mass is 10.0. The Hall–Kier alpha value is -3.99. The van der Waals surface area contributed by atoms with Crippen LogP contribution in [0.2, 0.25) is 0 Å². The first kappa shape index (κ1) is 32.6. The summed E-state index contributed by atoms with van der Waals surface area (Å²) in [5.74, 6) is 1.62. The fourth-order valence-electron chi connectivity index (χ4n) is 7.82. The number of anilines is 1. The maximum absolute atomic E-state index is 13.0. The third-order valence-electron chi connectivity index (χ3n) is 10.3. The molecule has 2 atom stereocenters. The Morgan fingerprint density at radius 3 is 2.52 bits per heavy atom. The number of hydrogen-bond donors (Lipinski definition) is 1. The van der Waals surface area contributed by atoms with E-state index in [1.54, 1.807) is 6.07 Å². The zero-order chi connectivity index (χ0) is 33.6. The number of aryl methyl sites for hydroxylation is 1. The normalized spacial score (nSPS) is 20.9. The molecule has 3 saturated heterocycles. The van der Waals surface area contributed by atoms with Crippen molar-refractivity contribution in [1.82, 2.24) is 29.2 Å². The molecule has 0 saturated carbocycles. The van der Waals surface area contributed by atoms with Gasteiger partial charge in [0.15, 0.2) is 0 Å². The summed E-state index contributed by atoms with van der Waals surface area (Å²) in [7, 11) is 0. The number of piperidine rings is 1. The summed E-state index contributed by atoms with van der Waals surface area (Å²) in [6.07, 6.45) is -0.615. The highest BCUT2D eigenvalue weighted by molar-refractivity contribution is 7.18. The molecular weight excluding hydrogens is 638 g/mol. The second-order valence-electron chi connectivity index (χ2n) is 13.4. The number of nitrogens with zero attached hydrogens (tertiary/aromatic N) is 7. The third kappa shape index (κ3) is 6.66. The van der Waals surface area contributed by atoms with Crippen molar-refractivity contribution >= 4 is 44.2 Å². The second kappa shape index (κ2) is 13.1. The highest BCUT2D eigenvalue weighted by Gasteiger charge is 2.41. The summed E-state index contributed by atoms with van der Waals surface area (Å²) in [4.78, 5) is 28.2. The molecule has 2 unspecified atom stereocenters. The van der Waals surface area contributed by atoms with Crippen LogP contribution in [-0.2, 0) is 24.3 Å². The number of benzene rings is 1. The molecule has 9 nitrogen and oxygen atoms in total. The van der Waals surface area contributed by atoms with Crippen molar-refractivity contribution in [3.63, 3.8) is 0 Å². The predicted octanol–water partition coefficient (Wildman–Crippen LogP) is 5.58. The molecule has 0 bridgehead atoms. The Kier molecular flexibility index (Phi) is 8.91. The van der Waals surface area contributed by atoms with Crippen LogP contribution in [0.5, 0.6) is 0 Å². The Balaban J connectivity index is 0.956. The fraction of sp³-hybridized carbons (Fsp3) is 0.486. The lowest BCUT2D eigenvalue weighted by Gasteiger charge is -2.33. The van der Waals surface area contributed by atoms with Gasteiger partial charge in [-0.05, 0) is 67.0 Å². The lowest BCUT2D eigenvalue weighted by Crippen LogP contribution is -2.39. The molecule has 4 aromatic rings. The molecule has 48 heavy (non-hydrogen) atoms. The molecule has 1 amide bonds. The third-order valence-corrected chi connectivity index (χ3v) is 11.4. The molecule has 0 aliphatic carbocycles. The topological polar surface area (TPSA) is 93.3 Å². The number of thiophene rings is 1. The van der Waals surface area contributed by atoms with Crippen LogP contribution in [-0.4, -0.2) is 93.2 Å². The number of hydrogen-bond acceptors (Lipinski definition) is 8. The van der Waals surface area contributed by atoms with Crippen LogP contribution in [0, 0.1) is 30.1 Å². The molecular formula is C35H39F3N8OS. The minimum absolute atomic E-state index is 0.0226. The number of nitrogens with one attached hydrogen (secondary N) is 1. The molecule has 7 rings (SSSR count). The van der Waals surface area contributed by atoms with E-state index in [4.69, 9.17) is 0 Å². The standard InChI is InChI=1S/C35H39F3N8OS/c1-3-32(47)45-19-24-17-44(18-25(24)20-45)10-11-46-27(15-39)12-29-22(2)23(4-5-31(29)46)16-43-8-6-26(7-9-43)42-33-30-13-28(14-35(36,37)38)48-34(30)41-21-40-33/h3-5,12-13,21,24-26H,1,6-11,14,16-20H2,2H3,(H,40,41,42). The average molecular weight is 677 g/mol. The predicted molar refractivity (Wildman–Crippen MR) is 181 cm³/mol. The van der Waals surface area contributed by atoms with Crippen molar-refractivity contribution in [2.75, 3.05) is 51.1 Å². The largest absolute Gasteiger partial charge is 0.393 e. The highest BCUT2D eigenvalue weighted by atomic mass is 32.1. The van der Waals surface area contributed by atoms with E-state index in [-0.39, 0.29) is 16.8 Å². The van der Waals surface area contributed by atoms with Crippen molar-refractivity contribution in [3.05, 3.63) is 64.9 Å². The zero-order valence-electron chi connectivity index (χ0n) is 27.0. The number of amides is 1. The van der Waals surface area contributed by atoms with Gasteiger partial charge in [0, 0.05) is 80.7 Å². The van der Waals surface area contributed by atoms with Crippen molar-refractivity contribution in [2.45, 2.75) is 51.5 Å². The van der Waals surface area contributed by atoms with Crippen LogP contribution in [0.3, 0.4) is 0 Å². The molecule has 1 aromatic carbocycles. The van der Waals surface area contributed by atoms with Crippen molar-refractivity contribution < 1.29 is 18.0 Å². The van der Waals surface area contributed by atoms with Crippen LogP contribution in [0.25, 0.3) is 21.1 Å². The quantitative estimate of drug-likeness (QED) is 0.232. The van der Waals surface area contributed by atoms with Gasteiger partial charge in [0.25, 0.3) is 0 Å². The minimum atomic E-state index is -4.26. The summed E-state index contributed by atoms with van der Waals surface area (Å²) in [5.41, 5.74) is 4.20. The Labute approximate surface area is 281 Å². The molecule has 252 valence electrons. The summed E-state index contributed by atoms with van der Waals surface area (Å²) >= 11 is 1.07. The Bertz CT molecular complexity index is 1870. The first-order chi connectivity index (χ1) is 23.1. The SMILES string of the molecule is C=CC(=O)N1CC2CN(CCn3c(C#N)cc4c(C)c(CN5CCC(Nc6ncnc7sc(CC(F)(F)F)cc67)CC5)ccc43)CC2C1. The van der Waals surface area contributed by atoms with Crippen LogP contribution < -0.4 is 5.32 Å². The highest BCUT2D eigenvalue weighted by Crippen LogP contribution is 2.34. The number of likely N-dealkylation sites (tertiary alicyclic amines) is 3. The van der Waals surface area contributed by atoms with Crippen molar-refractivity contribution in [1.29, 1.82) is 5.26 Å². The van der Waals surface area contributed by atoms with Crippen LogP contribution in [0.1, 0.15) is 34.5 Å². The molecule has 0 radical (unpaired) electrons. The number of fused-ring (bicyclic) bond motifs is 3. The Morgan fingerprint density at radius 2 is 1.83 bits per heavy atom. The number of rotatable bonds is 9. The monoisotopic (exact) mass is 676 g/mol. The summed E-state index contributed by atoms with van der Waals surface area (Å²) in [6, 6.07) is 10.5. The van der Waals surface area contributed by atoms with Gasteiger partial charge >= 0.3 is 6.18 Å². The van der Waals surface area contributed by atoms with Crippen molar-refractivity contribution in [2.24, 2.45) is 11.8 Å². The van der Waals surface area contributed by atoms with Gasteiger partial charge in [0.05, 0.1) is 11.8 Å². The average Bonchev–Trinajstić information content (AvgIpc) is 3.82. The van der Waals surface area contributed by atoms with E-state index in [1.807, 2.05) is 11.0 Å². The van der Waals surface area contributed by atoms with E-state index in [2.05, 4.69) is 61.4 Å². The molecule has 6 heterocycles. The molecule has 3 aliphatic rings. The van der Waals surface area contributed by atoms with Gasteiger partial charge in [-0.1, -0.05) is 12.6 Å². The fourth-order valence-corrected chi connectivity index (χ4v) is 8.85. The molecule has 1 N–H and O–H groups in total. The zero-order valence-corrected chi connectivity index (χ0v) is 27.8. The number of halogens is 3. The molecule has 3 aromatic heterocycles. The van der Waals surface area contributed by atoms with E-state index in [9.17, 15) is 23.2 Å². The maximum Gasteiger partial charge on any atom is 0.393 e. The van der Waals surface area contributed by atoms with Crippen LogP contribution in [0.4, 0.5) is 19.0 Å². The Morgan fingerprint density at radius 1 is 1.08 bits per heavy atom. The van der Waals surface area contributed by atoms with Crippen LogP contribution >= 0.6 is 11.3 Å². The minimum Gasteiger partial charge on any atom is -0.367 e.